The second-order valence-corrected chi connectivity index (χ2v) is 10.5. The number of imidazole rings is 1. The van der Waals surface area contributed by atoms with Crippen molar-refractivity contribution in [2.75, 3.05) is 13.2 Å². The number of alkyl halides is 3. The predicted molar refractivity (Wildman–Crippen MR) is 148 cm³/mol. The summed E-state index contributed by atoms with van der Waals surface area (Å²) < 4.78 is 48.7. The number of fused-ring (bicyclic) bond motifs is 1. The van der Waals surface area contributed by atoms with Crippen LogP contribution in [0.3, 0.4) is 0 Å². The lowest BCUT2D eigenvalue weighted by Gasteiger charge is -2.17. The lowest BCUT2D eigenvalue weighted by atomic mass is 10.1. The summed E-state index contributed by atoms with van der Waals surface area (Å²) in [7, 11) is 1.69. The van der Waals surface area contributed by atoms with E-state index in [9.17, 15) is 27.6 Å². The molecule has 42 heavy (non-hydrogen) atoms. The Hall–Kier alpha value is -4.36. The van der Waals surface area contributed by atoms with Gasteiger partial charge in [0.15, 0.2) is 11.5 Å². The number of nitrogens with zero attached hydrogens (tertiary/aromatic N) is 6. The van der Waals surface area contributed by atoms with Gasteiger partial charge in [0.2, 0.25) is 11.8 Å². The second-order valence-electron chi connectivity index (χ2n) is 10.5. The molecule has 0 aliphatic carbocycles. The quantitative estimate of drug-likeness (QED) is 0.303. The van der Waals surface area contributed by atoms with Crippen LogP contribution in [-0.4, -0.2) is 52.8 Å². The molecule has 1 amide bonds. The number of halogens is 3. The number of nitrogens with one attached hydrogen (secondary N) is 1. The molecular weight excluding hydrogens is 555 g/mol. The number of benzene rings is 1. The van der Waals surface area contributed by atoms with Crippen LogP contribution in [0.25, 0.3) is 22.7 Å². The van der Waals surface area contributed by atoms with Gasteiger partial charge in [0.1, 0.15) is 11.2 Å². The zero-order chi connectivity index (χ0) is 30.2. The van der Waals surface area contributed by atoms with Crippen LogP contribution < -0.4 is 16.0 Å². The van der Waals surface area contributed by atoms with Gasteiger partial charge in [0, 0.05) is 51.6 Å². The third-order valence-electron chi connectivity index (χ3n) is 7.25. The lowest BCUT2D eigenvalue weighted by molar-refractivity contribution is -0.137. The van der Waals surface area contributed by atoms with Crippen LogP contribution in [0.4, 0.5) is 13.2 Å². The number of carbonyl (C=O) groups is 1. The number of likely N-dealkylation sites (tertiary alicyclic amines) is 1. The average molecular weight is 588 g/mol. The molecule has 0 saturated carbocycles. The van der Waals surface area contributed by atoms with Crippen LogP contribution in [0.1, 0.15) is 44.2 Å². The molecule has 0 bridgehead atoms. The van der Waals surface area contributed by atoms with Crippen molar-refractivity contribution in [1.82, 2.24) is 33.8 Å². The molecule has 1 atom stereocenters. The molecule has 4 heterocycles. The first-order valence-corrected chi connectivity index (χ1v) is 13.8. The number of aromatic amines is 1. The van der Waals surface area contributed by atoms with Crippen molar-refractivity contribution in [1.29, 1.82) is 0 Å². The summed E-state index contributed by atoms with van der Waals surface area (Å²) in [5.41, 5.74) is 0.00215. The first-order chi connectivity index (χ1) is 20.0. The Morgan fingerprint density at radius 1 is 1.05 bits per heavy atom. The summed E-state index contributed by atoms with van der Waals surface area (Å²) >= 11 is 0. The molecule has 1 fully saturated rings. The number of hydrogen-bond donors (Lipinski definition) is 1. The molecule has 4 aromatic rings. The molecule has 14 heteroatoms. The number of rotatable bonds is 10. The molecule has 1 saturated heterocycles. The van der Waals surface area contributed by atoms with Crippen molar-refractivity contribution in [3.05, 3.63) is 62.3 Å². The average Bonchev–Trinajstić information content (AvgIpc) is 3.64. The fourth-order valence-electron chi connectivity index (χ4n) is 5.18. The first-order valence-electron chi connectivity index (χ1n) is 13.8. The van der Waals surface area contributed by atoms with Gasteiger partial charge in [-0.05, 0) is 30.5 Å². The van der Waals surface area contributed by atoms with Gasteiger partial charge >= 0.3 is 11.9 Å². The monoisotopic (exact) mass is 587 g/mol. The maximum absolute atomic E-state index is 13.0. The Bertz CT molecular complexity index is 1720. The highest BCUT2D eigenvalue weighted by Gasteiger charge is 2.32. The van der Waals surface area contributed by atoms with E-state index in [1.165, 1.54) is 25.9 Å². The minimum Gasteiger partial charge on any atom is -0.477 e. The zero-order valence-electron chi connectivity index (χ0n) is 23.6. The summed E-state index contributed by atoms with van der Waals surface area (Å²) in [4.78, 5) is 47.8. The Labute approximate surface area is 238 Å². The summed E-state index contributed by atoms with van der Waals surface area (Å²) in [5, 5.41) is 4.46. The van der Waals surface area contributed by atoms with Gasteiger partial charge in [-0.15, -0.1) is 0 Å². The Balaban J connectivity index is 1.28. The number of amides is 1. The van der Waals surface area contributed by atoms with Gasteiger partial charge in [-0.1, -0.05) is 26.0 Å². The van der Waals surface area contributed by atoms with E-state index in [0.717, 1.165) is 12.1 Å². The van der Waals surface area contributed by atoms with Crippen LogP contribution in [0.15, 0.2) is 39.9 Å². The zero-order valence-corrected chi connectivity index (χ0v) is 23.6. The van der Waals surface area contributed by atoms with Crippen LogP contribution >= 0.6 is 0 Å². The minimum absolute atomic E-state index is 0.0941. The predicted octanol–water partition coefficient (Wildman–Crippen LogP) is 3.55. The maximum atomic E-state index is 13.0. The van der Waals surface area contributed by atoms with Crippen molar-refractivity contribution < 1.29 is 22.7 Å². The summed E-state index contributed by atoms with van der Waals surface area (Å²) in [6, 6.07) is 6.47. The largest absolute Gasteiger partial charge is 0.477 e. The van der Waals surface area contributed by atoms with Crippen molar-refractivity contribution in [2.24, 2.45) is 13.0 Å². The van der Waals surface area contributed by atoms with Gasteiger partial charge in [-0.2, -0.15) is 18.3 Å². The van der Waals surface area contributed by atoms with Gasteiger partial charge in [-0.3, -0.25) is 18.7 Å². The third kappa shape index (κ3) is 5.70. The number of H-pyrrole nitrogens is 1. The lowest BCUT2D eigenvalue weighted by Crippen LogP contribution is -2.40. The van der Waals surface area contributed by atoms with Crippen molar-refractivity contribution in [2.45, 2.75) is 58.9 Å². The molecule has 1 aromatic carbocycles. The summed E-state index contributed by atoms with van der Waals surface area (Å²) in [6.45, 7) is 5.41. The van der Waals surface area contributed by atoms with Crippen molar-refractivity contribution in [3.63, 3.8) is 0 Å². The SMILES string of the molecule is CCCn1c(=O)c2[nH]c(-c3cc(OCC4CC(=O)N(Cc5ccc(C(F)(F)F)cc5)C4)n(C)n3)nc2n(CCC)c1=O. The van der Waals surface area contributed by atoms with Gasteiger partial charge in [0.25, 0.3) is 5.56 Å². The Kier molecular flexibility index (Phi) is 7.97. The highest BCUT2D eigenvalue weighted by atomic mass is 19.4. The van der Waals surface area contributed by atoms with Crippen molar-refractivity contribution in [3.8, 4) is 17.4 Å². The van der Waals surface area contributed by atoms with E-state index in [0.29, 0.717) is 55.4 Å². The molecule has 1 aliphatic heterocycles. The molecule has 3 aromatic heterocycles. The minimum atomic E-state index is -4.41. The number of aryl methyl sites for hydroxylation is 2. The number of aromatic nitrogens is 6. The van der Waals surface area contributed by atoms with E-state index < -0.39 is 23.0 Å². The molecule has 1 unspecified atom stereocenters. The van der Waals surface area contributed by atoms with Crippen LogP contribution in [0.2, 0.25) is 0 Å². The maximum Gasteiger partial charge on any atom is 0.416 e. The van der Waals surface area contributed by atoms with E-state index in [-0.39, 0.29) is 42.6 Å². The molecule has 11 nitrogen and oxygen atoms in total. The van der Waals surface area contributed by atoms with E-state index in [1.54, 1.807) is 18.0 Å². The fraction of sp³-hybridized carbons (Fsp3) is 0.464. The molecule has 1 N–H and O–H groups in total. The topological polar surface area (TPSA) is 120 Å². The normalized spacial score (nSPS) is 15.7. The fourth-order valence-corrected chi connectivity index (χ4v) is 5.18. The van der Waals surface area contributed by atoms with Crippen LogP contribution in [0, 0.1) is 5.92 Å². The molecule has 224 valence electrons. The third-order valence-corrected chi connectivity index (χ3v) is 7.25. The molecule has 5 rings (SSSR count). The Morgan fingerprint density at radius 2 is 1.74 bits per heavy atom. The number of ether oxygens (including phenoxy) is 1. The summed E-state index contributed by atoms with van der Waals surface area (Å²) in [5.74, 6) is 0.540. The summed E-state index contributed by atoms with van der Waals surface area (Å²) in [6.07, 6.45) is -2.83. The van der Waals surface area contributed by atoms with Gasteiger partial charge in [-0.25, -0.2) is 14.5 Å². The first kappa shape index (κ1) is 29.1. The number of carbonyl (C=O) groups excluding carboxylic acids is 1. The molecule has 0 radical (unpaired) electrons. The van der Waals surface area contributed by atoms with Gasteiger partial charge in [0.05, 0.1) is 12.2 Å². The Morgan fingerprint density at radius 3 is 2.40 bits per heavy atom. The molecule has 0 spiro atoms. The molecular formula is C28H32F3N7O4. The highest BCUT2D eigenvalue weighted by molar-refractivity contribution is 5.78. The van der Waals surface area contributed by atoms with Crippen molar-refractivity contribution >= 4 is 17.1 Å². The van der Waals surface area contributed by atoms with E-state index >= 15 is 0 Å². The number of hydrogen-bond acceptors (Lipinski definition) is 6. The highest BCUT2D eigenvalue weighted by Crippen LogP contribution is 2.30. The smallest absolute Gasteiger partial charge is 0.416 e. The van der Waals surface area contributed by atoms with E-state index in [2.05, 4.69) is 15.1 Å². The van der Waals surface area contributed by atoms with Gasteiger partial charge < -0.3 is 14.6 Å². The van der Waals surface area contributed by atoms with E-state index in [4.69, 9.17) is 4.74 Å². The van der Waals surface area contributed by atoms with E-state index in [1.807, 2.05) is 13.8 Å². The van der Waals surface area contributed by atoms with Crippen LogP contribution in [-0.2, 0) is 37.7 Å². The standard InChI is InChI=1S/C28H32F3N7O4/c1-4-10-37-25-23(26(40)38(11-5-2)27(37)41)32-24(33-25)20-13-22(35(3)34-20)42-16-18-12-21(39)36(15-18)14-17-6-8-19(9-7-17)28(29,30)31/h6-9,13,18H,4-5,10-12,14-16H2,1-3H3,(H,32,33). The second kappa shape index (κ2) is 11.5. The van der Waals surface area contributed by atoms with Crippen LogP contribution in [0.5, 0.6) is 5.88 Å². The molecule has 1 aliphatic rings.